The number of benzene rings is 1. The molecule has 2 saturated heterocycles. The minimum absolute atomic E-state index is 0.0183. The van der Waals surface area contributed by atoms with E-state index < -0.39 is 23.8 Å². The summed E-state index contributed by atoms with van der Waals surface area (Å²) in [5.41, 5.74) is 6.66. The van der Waals surface area contributed by atoms with E-state index in [0.29, 0.717) is 26.2 Å². The van der Waals surface area contributed by atoms with E-state index >= 15 is 0 Å². The summed E-state index contributed by atoms with van der Waals surface area (Å²) in [5.74, 6) is -1.77. The van der Waals surface area contributed by atoms with Crippen LogP contribution in [0.1, 0.15) is 12.0 Å². The van der Waals surface area contributed by atoms with Crippen molar-refractivity contribution in [2.45, 2.75) is 19.0 Å². The van der Waals surface area contributed by atoms with Crippen molar-refractivity contribution >= 4 is 23.6 Å². The zero-order valence-electron chi connectivity index (χ0n) is 15.6. The number of amides is 4. The van der Waals surface area contributed by atoms with Gasteiger partial charge < -0.3 is 15.4 Å². The molecule has 2 aliphatic rings. The van der Waals surface area contributed by atoms with Gasteiger partial charge in [-0.3, -0.25) is 29.0 Å². The van der Waals surface area contributed by atoms with Crippen LogP contribution in [0.4, 0.5) is 0 Å². The largest absolute Gasteiger partial charge is 0.368 e. The highest BCUT2D eigenvalue weighted by atomic mass is 16.5. The highest BCUT2D eigenvalue weighted by Gasteiger charge is 2.35. The molecule has 3 rings (SSSR count). The van der Waals surface area contributed by atoms with Crippen LogP contribution in [-0.4, -0.2) is 83.8 Å². The van der Waals surface area contributed by atoms with Crippen LogP contribution < -0.4 is 5.73 Å². The number of rotatable bonds is 6. The lowest BCUT2D eigenvalue weighted by Crippen LogP contribution is -2.60. The number of ether oxygens (including phenoxy) is 1. The van der Waals surface area contributed by atoms with Crippen LogP contribution in [0.15, 0.2) is 30.3 Å². The van der Waals surface area contributed by atoms with Crippen LogP contribution in [0.2, 0.25) is 0 Å². The second-order valence-electron chi connectivity index (χ2n) is 6.91. The number of imide groups is 1. The van der Waals surface area contributed by atoms with Crippen molar-refractivity contribution in [2.75, 3.05) is 39.4 Å². The molecule has 0 aromatic heterocycles. The van der Waals surface area contributed by atoms with Gasteiger partial charge in [-0.25, -0.2) is 0 Å². The molecule has 1 aromatic rings. The Morgan fingerprint density at radius 2 is 1.75 bits per heavy atom. The van der Waals surface area contributed by atoms with Gasteiger partial charge in [-0.2, -0.15) is 0 Å². The zero-order chi connectivity index (χ0) is 20.1. The number of nitrogens with zero attached hydrogens (tertiary/aromatic N) is 3. The maximum absolute atomic E-state index is 12.7. The number of hydrogen-bond donors (Lipinski definition) is 1. The Hall–Kier alpha value is -2.78. The fourth-order valence-electron chi connectivity index (χ4n) is 3.49. The first-order valence-corrected chi connectivity index (χ1v) is 9.21. The highest BCUT2D eigenvalue weighted by molar-refractivity contribution is 5.98. The predicted octanol–water partition coefficient (Wildman–Crippen LogP) is -1.04. The molecule has 1 atom stereocenters. The molecular weight excluding hydrogens is 364 g/mol. The number of carbonyl (C=O) groups is 4. The van der Waals surface area contributed by atoms with Crippen molar-refractivity contribution in [1.82, 2.24) is 14.7 Å². The minimum Gasteiger partial charge on any atom is -0.368 e. The van der Waals surface area contributed by atoms with E-state index in [4.69, 9.17) is 10.5 Å². The lowest BCUT2D eigenvalue weighted by Gasteiger charge is -2.40. The third-order valence-corrected chi connectivity index (χ3v) is 4.96. The molecule has 1 aromatic carbocycles. The van der Waals surface area contributed by atoms with Crippen LogP contribution in [-0.2, 0) is 30.5 Å². The van der Waals surface area contributed by atoms with Crippen LogP contribution >= 0.6 is 0 Å². The summed E-state index contributed by atoms with van der Waals surface area (Å²) in [7, 11) is 0. The topological polar surface area (TPSA) is 113 Å². The lowest BCUT2D eigenvalue weighted by atomic mass is 10.1. The van der Waals surface area contributed by atoms with E-state index in [2.05, 4.69) is 4.90 Å². The van der Waals surface area contributed by atoms with Crippen LogP contribution in [0, 0.1) is 0 Å². The number of hydrogen-bond acceptors (Lipinski definition) is 6. The maximum Gasteiger partial charge on any atom is 0.255 e. The van der Waals surface area contributed by atoms with E-state index in [-0.39, 0.29) is 32.1 Å². The Balaban J connectivity index is 1.58. The molecule has 2 fully saturated rings. The average molecular weight is 388 g/mol. The second-order valence-corrected chi connectivity index (χ2v) is 6.91. The Kier molecular flexibility index (Phi) is 6.37. The van der Waals surface area contributed by atoms with Crippen molar-refractivity contribution in [2.24, 2.45) is 5.73 Å². The fourth-order valence-corrected chi connectivity index (χ4v) is 3.49. The highest BCUT2D eigenvalue weighted by Crippen LogP contribution is 2.15. The van der Waals surface area contributed by atoms with Gasteiger partial charge in [0.05, 0.1) is 0 Å². The van der Waals surface area contributed by atoms with Gasteiger partial charge in [0.15, 0.2) is 0 Å². The van der Waals surface area contributed by atoms with Gasteiger partial charge in [0.1, 0.15) is 19.3 Å². The Morgan fingerprint density at radius 3 is 2.39 bits per heavy atom. The van der Waals surface area contributed by atoms with Gasteiger partial charge in [-0.1, -0.05) is 30.3 Å². The molecule has 9 nitrogen and oxygen atoms in total. The van der Waals surface area contributed by atoms with Crippen LogP contribution in [0.25, 0.3) is 0 Å². The first-order chi connectivity index (χ1) is 13.5. The third-order valence-electron chi connectivity index (χ3n) is 4.96. The monoisotopic (exact) mass is 388 g/mol. The number of nitrogens with two attached hydrogens (primary N) is 1. The maximum atomic E-state index is 12.7. The van der Waals surface area contributed by atoms with Gasteiger partial charge in [0, 0.05) is 39.1 Å². The van der Waals surface area contributed by atoms with E-state index in [1.165, 1.54) is 4.90 Å². The van der Waals surface area contributed by atoms with Crippen molar-refractivity contribution in [1.29, 1.82) is 0 Å². The van der Waals surface area contributed by atoms with E-state index in [1.807, 2.05) is 30.3 Å². The molecule has 0 bridgehead atoms. The SMILES string of the molecule is NC(=O)C1CN(Cc2ccccc2)CCN1C(=O)CCN1C(=O)COCC1=O. The molecule has 1 unspecified atom stereocenters. The molecule has 4 amide bonds. The Bertz CT molecular complexity index is 738. The van der Waals surface area contributed by atoms with Gasteiger partial charge in [-0.05, 0) is 5.56 Å². The number of piperazine rings is 1. The van der Waals surface area contributed by atoms with Gasteiger partial charge in [-0.15, -0.1) is 0 Å². The van der Waals surface area contributed by atoms with Gasteiger partial charge in [0.25, 0.3) is 11.8 Å². The lowest BCUT2D eigenvalue weighted by molar-refractivity contribution is -0.159. The number of carbonyl (C=O) groups excluding carboxylic acids is 4. The van der Waals surface area contributed by atoms with Crippen molar-refractivity contribution in [3.63, 3.8) is 0 Å². The number of primary amides is 1. The molecule has 28 heavy (non-hydrogen) atoms. The molecule has 0 saturated carbocycles. The minimum atomic E-state index is -0.735. The summed E-state index contributed by atoms with van der Waals surface area (Å²) in [4.78, 5) is 52.7. The molecule has 0 radical (unpaired) electrons. The summed E-state index contributed by atoms with van der Waals surface area (Å²) in [6.07, 6.45) is -0.0417. The molecular formula is C19H24N4O5. The third kappa shape index (κ3) is 4.73. The summed E-state index contributed by atoms with van der Waals surface area (Å²) in [5, 5.41) is 0. The fraction of sp³-hybridized carbons (Fsp3) is 0.474. The Morgan fingerprint density at radius 1 is 1.07 bits per heavy atom. The second kappa shape index (κ2) is 8.94. The average Bonchev–Trinajstić information content (AvgIpc) is 2.68. The van der Waals surface area contributed by atoms with Gasteiger partial charge >= 0.3 is 0 Å². The summed E-state index contributed by atoms with van der Waals surface area (Å²) < 4.78 is 4.85. The normalized spacial score (nSPS) is 21.1. The molecule has 0 spiro atoms. The number of morpholine rings is 1. The van der Waals surface area contributed by atoms with Crippen LogP contribution in [0.5, 0.6) is 0 Å². The molecule has 9 heteroatoms. The molecule has 2 heterocycles. The first-order valence-electron chi connectivity index (χ1n) is 9.21. The van der Waals surface area contributed by atoms with E-state index in [0.717, 1.165) is 10.5 Å². The van der Waals surface area contributed by atoms with Crippen molar-refractivity contribution < 1.29 is 23.9 Å². The summed E-state index contributed by atoms with van der Waals surface area (Å²) >= 11 is 0. The molecule has 0 aliphatic carbocycles. The Labute approximate surface area is 163 Å². The first kappa shape index (κ1) is 20.0. The van der Waals surface area contributed by atoms with Crippen molar-refractivity contribution in [3.8, 4) is 0 Å². The predicted molar refractivity (Wildman–Crippen MR) is 98.6 cm³/mol. The quantitative estimate of drug-likeness (QED) is 0.623. The van der Waals surface area contributed by atoms with Crippen molar-refractivity contribution in [3.05, 3.63) is 35.9 Å². The molecule has 2 N–H and O–H groups in total. The summed E-state index contributed by atoms with van der Waals surface area (Å²) in [6.45, 7) is 1.65. The molecule has 2 aliphatic heterocycles. The standard InChI is InChI=1S/C19H24N4O5/c20-19(27)15-11-21(10-14-4-2-1-3-5-14)8-9-22(15)16(24)6-7-23-17(25)12-28-13-18(23)26/h1-5,15H,6-13H2,(H2,20,27). The smallest absolute Gasteiger partial charge is 0.255 e. The van der Waals surface area contributed by atoms with Gasteiger partial charge in [0.2, 0.25) is 11.8 Å². The van der Waals surface area contributed by atoms with Crippen LogP contribution in [0.3, 0.4) is 0 Å². The van der Waals surface area contributed by atoms with E-state index in [1.54, 1.807) is 0 Å². The van der Waals surface area contributed by atoms with E-state index in [9.17, 15) is 19.2 Å². The summed E-state index contributed by atoms with van der Waals surface area (Å²) in [6, 6.07) is 9.13. The molecule has 150 valence electrons. The zero-order valence-corrected chi connectivity index (χ0v) is 15.6.